The molecule has 1 aromatic carbocycles. The van der Waals surface area contributed by atoms with Crippen molar-refractivity contribution in [2.75, 3.05) is 11.9 Å². The predicted molar refractivity (Wildman–Crippen MR) is 127 cm³/mol. The molecule has 0 saturated heterocycles. The van der Waals surface area contributed by atoms with E-state index in [1.165, 1.54) is 41.4 Å². The molecule has 0 spiro atoms. The van der Waals surface area contributed by atoms with Gasteiger partial charge < -0.3 is 10.3 Å². The Hall–Kier alpha value is -4.99. The Bertz CT molecular complexity index is 1870. The van der Waals surface area contributed by atoms with Crippen LogP contribution in [0, 0.1) is 17.1 Å². The number of pyridine rings is 1. The second-order valence-electron chi connectivity index (χ2n) is 8.20. The van der Waals surface area contributed by atoms with Gasteiger partial charge in [-0.3, -0.25) is 0 Å². The number of nitrogens with zero attached hydrogens (tertiary/aromatic N) is 7. The lowest BCUT2D eigenvalue weighted by Gasteiger charge is -2.12. The van der Waals surface area contributed by atoms with Crippen LogP contribution in [0.2, 0.25) is 0 Å². The van der Waals surface area contributed by atoms with E-state index in [1.807, 2.05) is 13.0 Å². The van der Waals surface area contributed by atoms with Crippen LogP contribution in [0.15, 0.2) is 49.2 Å². The number of hydrogen-bond acceptors (Lipinski definition) is 6. The second kappa shape index (κ2) is 8.02. The number of aromatic nitrogens is 7. The molecule has 0 bridgehead atoms. The fourth-order valence-electron chi connectivity index (χ4n) is 4.38. The van der Waals surface area contributed by atoms with Gasteiger partial charge in [0.1, 0.15) is 23.1 Å². The summed E-state index contributed by atoms with van der Waals surface area (Å²) in [4.78, 5) is 12.0. The number of rotatable bonds is 4. The molecule has 184 valence electrons. The fraction of sp³-hybridized carbons (Fsp3) is 0.125. The zero-order chi connectivity index (χ0) is 25.9. The van der Waals surface area contributed by atoms with E-state index < -0.39 is 17.7 Å². The smallest absolute Gasteiger partial charge is 0.384 e. The minimum Gasteiger partial charge on any atom is -0.384 e. The number of hydrogen-bond donors (Lipinski definition) is 2. The second-order valence-corrected chi connectivity index (χ2v) is 8.20. The van der Waals surface area contributed by atoms with Crippen LogP contribution in [0.5, 0.6) is 0 Å². The summed E-state index contributed by atoms with van der Waals surface area (Å²) >= 11 is 0. The van der Waals surface area contributed by atoms with E-state index in [9.17, 15) is 22.8 Å². The van der Waals surface area contributed by atoms with Crippen LogP contribution in [0.4, 0.5) is 23.2 Å². The summed E-state index contributed by atoms with van der Waals surface area (Å²) in [6.45, 7) is 2.38. The molecule has 0 aliphatic heterocycles. The summed E-state index contributed by atoms with van der Waals surface area (Å²) in [5.41, 5.74) is 1.96. The first-order valence-corrected chi connectivity index (χ1v) is 11.0. The van der Waals surface area contributed by atoms with Gasteiger partial charge in [0.2, 0.25) is 0 Å². The molecule has 0 atom stereocenters. The van der Waals surface area contributed by atoms with Gasteiger partial charge in [-0.25, -0.2) is 23.6 Å². The van der Waals surface area contributed by atoms with Crippen molar-refractivity contribution in [1.29, 1.82) is 5.26 Å². The molecule has 0 saturated carbocycles. The maximum Gasteiger partial charge on any atom is 0.435 e. The van der Waals surface area contributed by atoms with E-state index in [1.54, 1.807) is 6.20 Å². The van der Waals surface area contributed by atoms with Crippen molar-refractivity contribution in [3.8, 4) is 22.9 Å². The molecule has 0 unspecified atom stereocenters. The molecule has 2 N–H and O–H groups in total. The highest BCUT2D eigenvalue weighted by Gasteiger charge is 2.34. The summed E-state index contributed by atoms with van der Waals surface area (Å²) in [7, 11) is 0. The Morgan fingerprint density at radius 1 is 1.16 bits per heavy atom. The quantitative estimate of drug-likeness (QED) is 0.324. The Balaban J connectivity index is 1.70. The van der Waals surface area contributed by atoms with Gasteiger partial charge in [0, 0.05) is 47.8 Å². The lowest BCUT2D eigenvalue weighted by atomic mass is 10.0. The van der Waals surface area contributed by atoms with Crippen LogP contribution < -0.4 is 5.32 Å². The van der Waals surface area contributed by atoms with Crippen molar-refractivity contribution in [1.82, 2.24) is 34.3 Å². The number of halogens is 4. The van der Waals surface area contributed by atoms with Crippen molar-refractivity contribution >= 4 is 33.3 Å². The standard InChI is InChI=1S/C24H15F4N9/c1-2-30-17-6-14(25)5-15-19-21(36-4-3-18(35-36)24(26,27)28)16(10-31-22(19)34-20(15)17)13-8-32-23-12(7-29)9-33-37(23)11-13/h3-6,8-11,30H,2H2,1H3,(H,31,34). The molecule has 0 aliphatic carbocycles. The lowest BCUT2D eigenvalue weighted by Crippen LogP contribution is -2.08. The molecule has 9 nitrogen and oxygen atoms in total. The van der Waals surface area contributed by atoms with E-state index in [4.69, 9.17) is 0 Å². The Morgan fingerprint density at radius 2 is 2.00 bits per heavy atom. The average Bonchev–Trinajstić information content (AvgIpc) is 3.60. The summed E-state index contributed by atoms with van der Waals surface area (Å²) in [6, 6.07) is 5.50. The van der Waals surface area contributed by atoms with E-state index >= 15 is 0 Å². The molecular formula is C24H15F4N9. The number of fused-ring (bicyclic) bond motifs is 4. The maximum absolute atomic E-state index is 14.7. The predicted octanol–water partition coefficient (Wildman–Crippen LogP) is 5.07. The molecule has 13 heteroatoms. The molecule has 0 radical (unpaired) electrons. The monoisotopic (exact) mass is 505 g/mol. The molecule has 5 heterocycles. The minimum absolute atomic E-state index is 0.244. The summed E-state index contributed by atoms with van der Waals surface area (Å²) in [6.07, 6.45) is 2.43. The molecule has 5 aromatic heterocycles. The first kappa shape index (κ1) is 22.5. The van der Waals surface area contributed by atoms with Gasteiger partial charge in [-0.05, 0) is 25.1 Å². The van der Waals surface area contributed by atoms with Crippen molar-refractivity contribution in [2.24, 2.45) is 0 Å². The molecule has 0 aliphatic rings. The average molecular weight is 505 g/mol. The number of benzene rings is 1. The number of nitriles is 1. The summed E-state index contributed by atoms with van der Waals surface area (Å²) in [5, 5.41) is 21.1. The van der Waals surface area contributed by atoms with Crippen molar-refractivity contribution < 1.29 is 17.6 Å². The molecule has 37 heavy (non-hydrogen) atoms. The minimum atomic E-state index is -4.66. The first-order valence-electron chi connectivity index (χ1n) is 11.0. The third-order valence-corrected chi connectivity index (χ3v) is 5.93. The summed E-state index contributed by atoms with van der Waals surface area (Å²) in [5.74, 6) is -0.527. The third-order valence-electron chi connectivity index (χ3n) is 5.93. The topological polar surface area (TPSA) is 113 Å². The van der Waals surface area contributed by atoms with Crippen LogP contribution >= 0.6 is 0 Å². The Labute approximate surface area is 205 Å². The van der Waals surface area contributed by atoms with Gasteiger partial charge in [0.05, 0.1) is 28.5 Å². The Kier molecular flexibility index (Phi) is 4.87. The van der Waals surface area contributed by atoms with Gasteiger partial charge in [0.15, 0.2) is 11.3 Å². The number of nitrogens with one attached hydrogen (secondary N) is 2. The van der Waals surface area contributed by atoms with Crippen LogP contribution in [0.3, 0.4) is 0 Å². The van der Waals surface area contributed by atoms with Gasteiger partial charge in [-0.1, -0.05) is 0 Å². The normalized spacial score (nSPS) is 12.0. The molecule has 6 aromatic rings. The highest BCUT2D eigenvalue weighted by atomic mass is 19.4. The zero-order valence-electron chi connectivity index (χ0n) is 19.0. The van der Waals surface area contributed by atoms with Gasteiger partial charge in [0.25, 0.3) is 0 Å². The van der Waals surface area contributed by atoms with Gasteiger partial charge in [-0.2, -0.15) is 28.6 Å². The zero-order valence-corrected chi connectivity index (χ0v) is 19.0. The van der Waals surface area contributed by atoms with Crippen LogP contribution in [-0.2, 0) is 6.18 Å². The Morgan fingerprint density at radius 3 is 2.73 bits per heavy atom. The number of alkyl halides is 3. The SMILES string of the molecule is CCNc1cc(F)cc2c1[nH]c1ncc(-c3cnc4c(C#N)cnn4c3)c(-n3ccc(C(F)(F)F)n3)c12. The van der Waals surface area contributed by atoms with Crippen LogP contribution in [0.1, 0.15) is 18.2 Å². The fourth-order valence-corrected chi connectivity index (χ4v) is 4.38. The third kappa shape index (κ3) is 3.53. The number of aromatic amines is 1. The molecule has 0 amide bonds. The van der Waals surface area contributed by atoms with E-state index in [-0.39, 0.29) is 11.3 Å². The van der Waals surface area contributed by atoms with E-state index in [0.717, 1.165) is 10.7 Å². The lowest BCUT2D eigenvalue weighted by molar-refractivity contribution is -0.141. The first-order chi connectivity index (χ1) is 17.8. The largest absolute Gasteiger partial charge is 0.435 e. The molecular weight excluding hydrogens is 490 g/mol. The molecule has 6 rings (SSSR count). The van der Waals surface area contributed by atoms with Gasteiger partial charge >= 0.3 is 6.18 Å². The highest BCUT2D eigenvalue weighted by Crippen LogP contribution is 2.39. The van der Waals surface area contributed by atoms with Gasteiger partial charge in [-0.15, -0.1) is 0 Å². The summed E-state index contributed by atoms with van der Waals surface area (Å²) < 4.78 is 57.5. The highest BCUT2D eigenvalue weighted by molar-refractivity contribution is 6.15. The van der Waals surface area contributed by atoms with Crippen LogP contribution in [0.25, 0.3) is 44.4 Å². The van der Waals surface area contributed by atoms with Crippen molar-refractivity contribution in [3.63, 3.8) is 0 Å². The number of H-pyrrole nitrogens is 1. The van der Waals surface area contributed by atoms with E-state index in [0.29, 0.717) is 50.9 Å². The van der Waals surface area contributed by atoms with Crippen molar-refractivity contribution in [2.45, 2.75) is 13.1 Å². The van der Waals surface area contributed by atoms with E-state index in [2.05, 4.69) is 30.5 Å². The van der Waals surface area contributed by atoms with Crippen molar-refractivity contribution in [3.05, 3.63) is 66.3 Å². The maximum atomic E-state index is 14.7. The van der Waals surface area contributed by atoms with Crippen LogP contribution in [-0.4, -0.2) is 40.9 Å². The number of anilines is 1. The molecule has 0 fully saturated rings.